The molecule has 0 saturated heterocycles. The molecule has 1 aromatic heterocycles. The third-order valence-electron chi connectivity index (χ3n) is 7.16. The van der Waals surface area contributed by atoms with Crippen molar-refractivity contribution in [1.82, 2.24) is 0 Å². The fraction of sp³-hybridized carbons (Fsp3) is 0.688. The van der Waals surface area contributed by atoms with Gasteiger partial charge in [0.25, 0.3) is 0 Å². The van der Waals surface area contributed by atoms with Crippen LogP contribution in [-0.4, -0.2) is 0 Å². The van der Waals surface area contributed by atoms with Crippen LogP contribution in [0, 0.1) is 6.92 Å². The Balaban J connectivity index is 1.48. The Hall–Kier alpha value is 0.320. The summed E-state index contributed by atoms with van der Waals surface area (Å²) in [6.45, 7) is 9.21. The van der Waals surface area contributed by atoms with Crippen molar-refractivity contribution < 1.29 is 0 Å². The first-order valence-corrected chi connectivity index (χ1v) is 19.2. The molecule has 0 aromatic carbocycles. The molecule has 0 bridgehead atoms. The minimum Gasteiger partial charge on any atom is -0.140 e. The molecule has 0 saturated carbocycles. The molecule has 37 heavy (non-hydrogen) atoms. The van der Waals surface area contributed by atoms with E-state index in [1.165, 1.54) is 125 Å². The van der Waals surface area contributed by atoms with Crippen LogP contribution < -0.4 is 0 Å². The van der Waals surface area contributed by atoms with Gasteiger partial charge >= 0.3 is 0 Å². The number of rotatable bonds is 19. The zero-order valence-electron chi connectivity index (χ0n) is 23.9. The molecule has 0 aliphatic carbocycles. The van der Waals surface area contributed by atoms with Gasteiger partial charge in [-0.1, -0.05) is 151 Å². The van der Waals surface area contributed by atoms with Gasteiger partial charge in [0, 0.05) is 19.6 Å². The molecular formula is C32H50S5. The molecule has 0 atom stereocenters. The molecular weight excluding hydrogens is 545 g/mol. The maximum absolute atomic E-state index is 2.36. The van der Waals surface area contributed by atoms with Crippen molar-refractivity contribution in [1.29, 1.82) is 0 Å². The number of hydrogen-bond donors (Lipinski definition) is 0. The van der Waals surface area contributed by atoms with Crippen LogP contribution in [0.5, 0.6) is 0 Å². The third kappa shape index (κ3) is 11.4. The summed E-state index contributed by atoms with van der Waals surface area (Å²) in [5.74, 6) is 0. The number of thiophene rings is 1. The van der Waals surface area contributed by atoms with Gasteiger partial charge in [-0.25, -0.2) is 0 Å². The first-order valence-electron chi connectivity index (χ1n) is 15.1. The third-order valence-corrected chi connectivity index (χ3v) is 14.3. The van der Waals surface area contributed by atoms with Crippen molar-refractivity contribution in [2.75, 3.05) is 0 Å². The Kier molecular flexibility index (Phi) is 16.0. The minimum atomic E-state index is 1.25. The van der Waals surface area contributed by atoms with Crippen LogP contribution in [-0.2, 0) is 0 Å². The summed E-state index contributed by atoms with van der Waals surface area (Å²) in [6, 6.07) is 4.65. The van der Waals surface area contributed by atoms with Gasteiger partial charge in [-0.05, 0) is 61.5 Å². The van der Waals surface area contributed by atoms with Crippen LogP contribution in [0.15, 0.2) is 35.3 Å². The summed E-state index contributed by atoms with van der Waals surface area (Å²) in [5, 5.41) is 0. The summed E-state index contributed by atoms with van der Waals surface area (Å²) in [7, 11) is 0. The van der Waals surface area contributed by atoms with E-state index in [0.717, 1.165) is 0 Å². The number of hydrogen-bond acceptors (Lipinski definition) is 5. The summed E-state index contributed by atoms with van der Waals surface area (Å²) in [5.41, 5.74) is 0. The highest BCUT2D eigenvalue weighted by atomic mass is 32.2. The van der Waals surface area contributed by atoms with Gasteiger partial charge in [-0.2, -0.15) is 0 Å². The fourth-order valence-corrected chi connectivity index (χ4v) is 11.8. The first-order chi connectivity index (χ1) is 18.1. The highest BCUT2D eigenvalue weighted by Crippen LogP contribution is 2.63. The second-order valence-electron chi connectivity index (χ2n) is 10.6. The van der Waals surface area contributed by atoms with E-state index < -0.39 is 0 Å². The van der Waals surface area contributed by atoms with E-state index >= 15 is 0 Å². The van der Waals surface area contributed by atoms with E-state index in [9.17, 15) is 0 Å². The van der Waals surface area contributed by atoms with Gasteiger partial charge in [0.05, 0.1) is 8.47 Å². The van der Waals surface area contributed by atoms with Crippen LogP contribution in [0.25, 0.3) is 4.91 Å². The van der Waals surface area contributed by atoms with Crippen LogP contribution in [0.1, 0.15) is 146 Å². The van der Waals surface area contributed by atoms with E-state index in [1.54, 1.807) is 28.1 Å². The van der Waals surface area contributed by atoms with Gasteiger partial charge in [0.15, 0.2) is 0 Å². The van der Waals surface area contributed by atoms with Crippen LogP contribution in [0.3, 0.4) is 0 Å². The van der Waals surface area contributed by atoms with E-state index in [0.29, 0.717) is 0 Å². The summed E-state index contributed by atoms with van der Waals surface area (Å²) >= 11 is 10.3. The van der Waals surface area contributed by atoms with Crippen molar-refractivity contribution in [2.24, 2.45) is 0 Å². The Morgan fingerprint density at radius 3 is 1.54 bits per heavy atom. The normalized spacial score (nSPS) is 18.2. The average molecular weight is 595 g/mol. The zero-order valence-corrected chi connectivity index (χ0v) is 28.0. The highest BCUT2D eigenvalue weighted by Gasteiger charge is 2.29. The summed E-state index contributed by atoms with van der Waals surface area (Å²) in [4.78, 5) is 9.30. The number of thioether (sulfide) groups is 4. The molecule has 3 heterocycles. The number of allylic oxidation sites excluding steroid dienone is 3. The van der Waals surface area contributed by atoms with Crippen LogP contribution >= 0.6 is 58.4 Å². The smallest absolute Gasteiger partial charge is 0.0703 e. The van der Waals surface area contributed by atoms with E-state index in [1.807, 2.05) is 11.3 Å². The lowest BCUT2D eigenvalue weighted by atomic mass is 10.1. The van der Waals surface area contributed by atoms with E-state index in [2.05, 4.69) is 86.9 Å². The van der Waals surface area contributed by atoms with Gasteiger partial charge < -0.3 is 0 Å². The minimum absolute atomic E-state index is 1.25. The molecule has 0 spiro atoms. The number of aryl methyl sites for hydroxylation is 1. The lowest BCUT2D eigenvalue weighted by molar-refractivity contribution is 0.577. The van der Waals surface area contributed by atoms with Gasteiger partial charge in [0.1, 0.15) is 0 Å². The first kappa shape index (κ1) is 31.8. The van der Waals surface area contributed by atoms with E-state index in [-0.39, 0.29) is 0 Å². The molecule has 0 amide bonds. The predicted octanol–water partition coefficient (Wildman–Crippen LogP) is 14.1. The maximum Gasteiger partial charge on any atom is 0.0703 e. The standard InChI is InChI=1S/C32H50S5/c1-5-7-9-11-13-15-17-19-21-27-26(4)34-31(35-27)32-36-28(22-20-18-16-14-12-10-8-6-2)30(37-32)29-24-23-25(3)33-29/h23-24H,5-22H2,1-4H3. The molecule has 208 valence electrons. The topological polar surface area (TPSA) is 0 Å². The molecule has 2 aliphatic heterocycles. The lowest BCUT2D eigenvalue weighted by Gasteiger charge is -2.05. The van der Waals surface area contributed by atoms with Gasteiger partial charge in [-0.15, -0.1) is 11.3 Å². The molecule has 0 nitrogen and oxygen atoms in total. The molecule has 2 aliphatic rings. The Bertz CT molecular complexity index is 904. The van der Waals surface area contributed by atoms with Crippen molar-refractivity contribution in [2.45, 2.75) is 143 Å². The van der Waals surface area contributed by atoms with Crippen LogP contribution in [0.2, 0.25) is 0 Å². The van der Waals surface area contributed by atoms with Crippen molar-refractivity contribution >= 4 is 63.3 Å². The SMILES string of the molecule is CCCCCCCCCCC1=C(C)SC(=C2SC(CCCCCCCCCC)=C(c3ccc(C)s3)S2)S1. The number of unbranched alkanes of at least 4 members (excludes halogenated alkanes) is 14. The van der Waals surface area contributed by atoms with Gasteiger partial charge in [-0.3, -0.25) is 0 Å². The Morgan fingerprint density at radius 2 is 1.00 bits per heavy atom. The van der Waals surface area contributed by atoms with E-state index in [4.69, 9.17) is 0 Å². The second kappa shape index (κ2) is 18.6. The fourth-order valence-electron chi connectivity index (χ4n) is 4.87. The predicted molar refractivity (Wildman–Crippen MR) is 181 cm³/mol. The molecule has 0 N–H and O–H groups in total. The molecule has 0 radical (unpaired) electrons. The molecule has 1 aromatic rings. The lowest BCUT2D eigenvalue weighted by Crippen LogP contribution is -1.83. The highest BCUT2D eigenvalue weighted by molar-refractivity contribution is 8.35. The van der Waals surface area contributed by atoms with Crippen LogP contribution in [0.4, 0.5) is 0 Å². The Morgan fingerprint density at radius 1 is 0.514 bits per heavy atom. The average Bonchev–Trinajstić information content (AvgIpc) is 3.61. The molecule has 0 unspecified atom stereocenters. The monoisotopic (exact) mass is 594 g/mol. The molecule has 5 heteroatoms. The zero-order chi connectivity index (χ0) is 26.3. The van der Waals surface area contributed by atoms with Gasteiger partial charge in [0.2, 0.25) is 0 Å². The van der Waals surface area contributed by atoms with Crippen molar-refractivity contribution in [3.8, 4) is 0 Å². The Labute approximate surface area is 250 Å². The molecule has 3 rings (SSSR count). The molecule has 0 fully saturated rings. The maximum atomic E-state index is 2.36. The summed E-state index contributed by atoms with van der Waals surface area (Å²) < 4.78 is 3.11. The second-order valence-corrected chi connectivity index (χ2v) is 16.8. The quantitative estimate of drug-likeness (QED) is 0.146. The largest absolute Gasteiger partial charge is 0.140 e. The van der Waals surface area contributed by atoms with Crippen molar-refractivity contribution in [3.63, 3.8) is 0 Å². The van der Waals surface area contributed by atoms with Crippen molar-refractivity contribution in [3.05, 3.63) is 45.1 Å². The summed E-state index contributed by atoms with van der Waals surface area (Å²) in [6.07, 6.45) is 24.9.